The molecular formula is C7H13NO. The van der Waals surface area contributed by atoms with E-state index in [4.69, 9.17) is 0 Å². The normalized spacial score (nSPS) is 43.7. The summed E-state index contributed by atoms with van der Waals surface area (Å²) in [6, 6.07) is 0.449. The van der Waals surface area contributed by atoms with Crippen LogP contribution in [0, 0.1) is 5.92 Å². The van der Waals surface area contributed by atoms with Crippen molar-refractivity contribution in [3.63, 3.8) is 0 Å². The summed E-state index contributed by atoms with van der Waals surface area (Å²) < 4.78 is 0. The molecule has 0 aromatic rings. The number of nitrogens with one attached hydrogen (secondary N) is 1. The molecule has 0 amide bonds. The molecule has 0 bridgehead atoms. The number of hydrogen-bond donors (Lipinski definition) is 2. The summed E-state index contributed by atoms with van der Waals surface area (Å²) in [4.78, 5) is 0. The Morgan fingerprint density at radius 1 is 1.22 bits per heavy atom. The SMILES string of the molecule is OC1CCNC1C1CC1. The minimum Gasteiger partial charge on any atom is -0.391 e. The third-order valence-electron chi connectivity index (χ3n) is 2.36. The first kappa shape index (κ1) is 5.69. The minimum atomic E-state index is -0.0440. The highest BCUT2D eigenvalue weighted by Crippen LogP contribution is 2.35. The number of aliphatic hydroxyl groups excluding tert-OH is 1. The second kappa shape index (κ2) is 1.96. The molecule has 0 spiro atoms. The van der Waals surface area contributed by atoms with Gasteiger partial charge in [0.1, 0.15) is 0 Å². The summed E-state index contributed by atoms with van der Waals surface area (Å²) in [5, 5.41) is 12.7. The van der Waals surface area contributed by atoms with Crippen molar-refractivity contribution in [1.29, 1.82) is 0 Å². The van der Waals surface area contributed by atoms with E-state index in [0.717, 1.165) is 18.9 Å². The molecule has 9 heavy (non-hydrogen) atoms. The molecule has 1 saturated carbocycles. The van der Waals surface area contributed by atoms with Crippen LogP contribution in [0.2, 0.25) is 0 Å². The van der Waals surface area contributed by atoms with Crippen LogP contribution in [-0.2, 0) is 0 Å². The molecule has 2 heteroatoms. The Balaban J connectivity index is 1.93. The first-order chi connectivity index (χ1) is 4.38. The predicted molar refractivity (Wildman–Crippen MR) is 35.1 cm³/mol. The van der Waals surface area contributed by atoms with Crippen molar-refractivity contribution in [3.8, 4) is 0 Å². The van der Waals surface area contributed by atoms with Crippen molar-refractivity contribution >= 4 is 0 Å². The molecule has 2 fully saturated rings. The Morgan fingerprint density at radius 3 is 2.44 bits per heavy atom. The van der Waals surface area contributed by atoms with Crippen LogP contribution < -0.4 is 5.32 Å². The van der Waals surface area contributed by atoms with Gasteiger partial charge >= 0.3 is 0 Å². The zero-order valence-electron chi connectivity index (χ0n) is 5.51. The van der Waals surface area contributed by atoms with Gasteiger partial charge in [0.15, 0.2) is 0 Å². The van der Waals surface area contributed by atoms with Crippen molar-refractivity contribution in [2.45, 2.75) is 31.4 Å². The fourth-order valence-electron chi connectivity index (χ4n) is 1.65. The molecule has 1 saturated heterocycles. The summed E-state index contributed by atoms with van der Waals surface area (Å²) in [7, 11) is 0. The highest BCUT2D eigenvalue weighted by Gasteiger charge is 2.38. The van der Waals surface area contributed by atoms with E-state index < -0.39 is 0 Å². The maximum atomic E-state index is 9.34. The van der Waals surface area contributed by atoms with Gasteiger partial charge in [-0.25, -0.2) is 0 Å². The molecular weight excluding hydrogens is 114 g/mol. The Labute approximate surface area is 55.3 Å². The second-order valence-corrected chi connectivity index (χ2v) is 3.17. The van der Waals surface area contributed by atoms with Gasteiger partial charge in [-0.3, -0.25) is 0 Å². The molecule has 2 rings (SSSR count). The van der Waals surface area contributed by atoms with Crippen LogP contribution in [-0.4, -0.2) is 23.8 Å². The molecule has 2 nitrogen and oxygen atoms in total. The van der Waals surface area contributed by atoms with Gasteiger partial charge < -0.3 is 10.4 Å². The minimum absolute atomic E-state index is 0.0440. The Kier molecular flexibility index (Phi) is 1.24. The van der Waals surface area contributed by atoms with E-state index in [0.29, 0.717) is 6.04 Å². The van der Waals surface area contributed by atoms with E-state index in [1.165, 1.54) is 12.8 Å². The van der Waals surface area contributed by atoms with Gasteiger partial charge in [-0.2, -0.15) is 0 Å². The predicted octanol–water partition coefficient (Wildman–Crippen LogP) is 0.119. The summed E-state index contributed by atoms with van der Waals surface area (Å²) in [6.07, 6.45) is 3.57. The van der Waals surface area contributed by atoms with Gasteiger partial charge in [0.25, 0.3) is 0 Å². The fourth-order valence-corrected chi connectivity index (χ4v) is 1.65. The van der Waals surface area contributed by atoms with E-state index >= 15 is 0 Å². The van der Waals surface area contributed by atoms with Crippen LogP contribution in [0.15, 0.2) is 0 Å². The first-order valence-corrected chi connectivity index (χ1v) is 3.79. The molecule has 0 aromatic heterocycles. The fraction of sp³-hybridized carbons (Fsp3) is 1.00. The zero-order chi connectivity index (χ0) is 6.27. The molecule has 52 valence electrons. The highest BCUT2D eigenvalue weighted by atomic mass is 16.3. The van der Waals surface area contributed by atoms with Crippen molar-refractivity contribution < 1.29 is 5.11 Å². The topological polar surface area (TPSA) is 32.3 Å². The smallest absolute Gasteiger partial charge is 0.0708 e. The molecule has 2 N–H and O–H groups in total. The van der Waals surface area contributed by atoms with E-state index in [-0.39, 0.29) is 6.10 Å². The average Bonchev–Trinajstić information content (AvgIpc) is 2.58. The summed E-state index contributed by atoms with van der Waals surface area (Å²) in [6.45, 7) is 1.02. The van der Waals surface area contributed by atoms with Gasteiger partial charge in [0.05, 0.1) is 6.10 Å². The number of aliphatic hydroxyl groups is 1. The molecule has 0 radical (unpaired) electrons. The molecule has 2 unspecified atom stereocenters. The van der Waals surface area contributed by atoms with Crippen molar-refractivity contribution in [2.24, 2.45) is 5.92 Å². The Morgan fingerprint density at radius 2 is 2.00 bits per heavy atom. The molecule has 2 atom stereocenters. The van der Waals surface area contributed by atoms with Crippen LogP contribution in [0.5, 0.6) is 0 Å². The van der Waals surface area contributed by atoms with Crippen LogP contribution in [0.25, 0.3) is 0 Å². The Bertz CT molecular complexity index is 111. The van der Waals surface area contributed by atoms with E-state index in [1.54, 1.807) is 0 Å². The van der Waals surface area contributed by atoms with Gasteiger partial charge in [-0.15, -0.1) is 0 Å². The van der Waals surface area contributed by atoms with Gasteiger partial charge in [0.2, 0.25) is 0 Å². The zero-order valence-corrected chi connectivity index (χ0v) is 5.51. The van der Waals surface area contributed by atoms with Gasteiger partial charge in [-0.1, -0.05) is 0 Å². The molecule has 2 aliphatic rings. The Hall–Kier alpha value is -0.0800. The summed E-state index contributed by atoms with van der Waals surface area (Å²) in [5.41, 5.74) is 0. The third-order valence-corrected chi connectivity index (χ3v) is 2.36. The largest absolute Gasteiger partial charge is 0.391 e. The van der Waals surface area contributed by atoms with Crippen LogP contribution in [0.3, 0.4) is 0 Å². The lowest BCUT2D eigenvalue weighted by Gasteiger charge is -2.12. The van der Waals surface area contributed by atoms with Crippen LogP contribution in [0.1, 0.15) is 19.3 Å². The summed E-state index contributed by atoms with van der Waals surface area (Å²) >= 11 is 0. The van der Waals surface area contributed by atoms with Crippen LogP contribution >= 0.6 is 0 Å². The van der Waals surface area contributed by atoms with Gasteiger partial charge in [-0.05, 0) is 31.7 Å². The number of rotatable bonds is 1. The lowest BCUT2D eigenvalue weighted by molar-refractivity contribution is 0.150. The maximum absolute atomic E-state index is 9.34. The van der Waals surface area contributed by atoms with Gasteiger partial charge in [0, 0.05) is 6.04 Å². The molecule has 1 aliphatic carbocycles. The lowest BCUT2D eigenvalue weighted by atomic mass is 10.1. The van der Waals surface area contributed by atoms with E-state index in [9.17, 15) is 5.11 Å². The first-order valence-electron chi connectivity index (χ1n) is 3.79. The van der Waals surface area contributed by atoms with Crippen molar-refractivity contribution in [3.05, 3.63) is 0 Å². The monoisotopic (exact) mass is 127 g/mol. The van der Waals surface area contributed by atoms with E-state index in [1.807, 2.05) is 0 Å². The average molecular weight is 127 g/mol. The maximum Gasteiger partial charge on any atom is 0.0708 e. The van der Waals surface area contributed by atoms with Crippen molar-refractivity contribution in [1.82, 2.24) is 5.32 Å². The third kappa shape index (κ3) is 0.970. The van der Waals surface area contributed by atoms with Crippen molar-refractivity contribution in [2.75, 3.05) is 6.54 Å². The van der Waals surface area contributed by atoms with Crippen LogP contribution in [0.4, 0.5) is 0 Å². The highest BCUT2D eigenvalue weighted by molar-refractivity contribution is 4.94. The van der Waals surface area contributed by atoms with E-state index in [2.05, 4.69) is 5.32 Å². The molecule has 1 aliphatic heterocycles. The number of hydrogen-bond acceptors (Lipinski definition) is 2. The lowest BCUT2D eigenvalue weighted by Crippen LogP contribution is -2.31. The quantitative estimate of drug-likeness (QED) is 0.524. The standard InChI is InChI=1S/C7H13NO/c9-6-3-4-8-7(6)5-1-2-5/h5-9H,1-4H2. The summed E-state index contributed by atoms with van der Waals surface area (Å²) in [5.74, 6) is 0.808. The molecule has 0 aromatic carbocycles. The second-order valence-electron chi connectivity index (χ2n) is 3.17. The molecule has 1 heterocycles.